The molecule has 0 aliphatic rings. The van der Waals surface area contributed by atoms with Gasteiger partial charge in [-0.2, -0.15) is 11.8 Å². The second kappa shape index (κ2) is 5.98. The number of nitrogens with zero attached hydrogens (tertiary/aromatic N) is 1. The van der Waals surface area contributed by atoms with Crippen LogP contribution >= 0.6 is 11.8 Å². The predicted octanol–water partition coefficient (Wildman–Crippen LogP) is 2.99. The number of halogens is 1. The smallest absolute Gasteiger partial charge is 0.132 e. The van der Waals surface area contributed by atoms with Gasteiger partial charge in [0, 0.05) is 23.9 Å². The summed E-state index contributed by atoms with van der Waals surface area (Å²) < 4.78 is 13.5. The summed E-state index contributed by atoms with van der Waals surface area (Å²) in [7, 11) is 0. The van der Waals surface area contributed by atoms with Crippen LogP contribution in [0.5, 0.6) is 0 Å². The Hall–Kier alpha value is -1.13. The van der Waals surface area contributed by atoms with E-state index in [-0.39, 0.29) is 12.4 Å². The van der Waals surface area contributed by atoms with Crippen molar-refractivity contribution in [3.63, 3.8) is 0 Å². The molecule has 1 aromatic carbocycles. The predicted molar refractivity (Wildman–Crippen MR) is 69.6 cm³/mol. The molecule has 0 saturated carbocycles. The molecule has 2 aromatic rings. The summed E-state index contributed by atoms with van der Waals surface area (Å²) in [5, 5.41) is 9.27. The van der Waals surface area contributed by atoms with E-state index in [0.29, 0.717) is 5.39 Å². The largest absolute Gasteiger partial charge is 0.396 e. The van der Waals surface area contributed by atoms with Crippen molar-refractivity contribution in [2.24, 2.45) is 0 Å². The van der Waals surface area contributed by atoms with E-state index in [4.69, 9.17) is 5.11 Å². The first-order valence-corrected chi connectivity index (χ1v) is 6.69. The normalized spacial score (nSPS) is 10.9. The summed E-state index contributed by atoms with van der Waals surface area (Å²) in [5.74, 6) is 1.48. The Labute approximate surface area is 104 Å². The monoisotopic (exact) mass is 251 g/mol. The minimum absolute atomic E-state index is 0.218. The molecule has 0 saturated heterocycles. The summed E-state index contributed by atoms with van der Waals surface area (Å²) in [6.07, 6.45) is 2.47. The van der Waals surface area contributed by atoms with Gasteiger partial charge in [-0.25, -0.2) is 4.39 Å². The number of thioether (sulfide) groups is 1. The highest BCUT2D eigenvalue weighted by atomic mass is 32.2. The fraction of sp³-hybridized carbons (Fsp3) is 0.308. The van der Waals surface area contributed by atoms with E-state index in [2.05, 4.69) is 4.98 Å². The average molecular weight is 251 g/mol. The fourth-order valence-corrected chi connectivity index (χ4v) is 2.59. The Morgan fingerprint density at radius 1 is 1.29 bits per heavy atom. The van der Waals surface area contributed by atoms with Gasteiger partial charge in [-0.3, -0.25) is 4.98 Å². The lowest BCUT2D eigenvalue weighted by Crippen LogP contribution is -1.92. The van der Waals surface area contributed by atoms with Crippen molar-refractivity contribution >= 4 is 22.7 Å². The molecule has 0 fully saturated rings. The minimum Gasteiger partial charge on any atom is -0.396 e. The highest BCUT2D eigenvalue weighted by molar-refractivity contribution is 7.98. The van der Waals surface area contributed by atoms with E-state index < -0.39 is 0 Å². The minimum atomic E-state index is -0.225. The number of fused-ring (bicyclic) bond motifs is 1. The van der Waals surface area contributed by atoms with Gasteiger partial charge in [-0.05, 0) is 35.9 Å². The molecule has 1 aromatic heterocycles. The number of aromatic nitrogens is 1. The van der Waals surface area contributed by atoms with E-state index in [1.807, 2.05) is 0 Å². The molecule has 1 heterocycles. The van der Waals surface area contributed by atoms with Crippen LogP contribution in [0, 0.1) is 5.82 Å². The van der Waals surface area contributed by atoms with Crippen LogP contribution in [-0.2, 0) is 5.75 Å². The molecule has 0 spiro atoms. The zero-order chi connectivity index (χ0) is 12.1. The van der Waals surface area contributed by atoms with E-state index in [9.17, 15) is 4.39 Å². The molecule has 0 radical (unpaired) electrons. The van der Waals surface area contributed by atoms with Gasteiger partial charge in [0.05, 0.1) is 5.52 Å². The molecule has 0 amide bonds. The highest BCUT2D eigenvalue weighted by Crippen LogP contribution is 2.23. The van der Waals surface area contributed by atoms with Crippen molar-refractivity contribution in [2.75, 3.05) is 12.4 Å². The number of rotatable bonds is 5. The lowest BCUT2D eigenvalue weighted by atomic mass is 10.1. The maximum atomic E-state index is 13.5. The van der Waals surface area contributed by atoms with E-state index in [1.54, 1.807) is 36.2 Å². The lowest BCUT2D eigenvalue weighted by molar-refractivity contribution is 0.296. The molecule has 0 atom stereocenters. The molecule has 0 aliphatic heterocycles. The van der Waals surface area contributed by atoms with Crippen molar-refractivity contribution in [3.05, 3.63) is 41.8 Å². The number of hydrogen-bond donors (Lipinski definition) is 1. The summed E-state index contributed by atoms with van der Waals surface area (Å²) in [5.41, 5.74) is 1.79. The lowest BCUT2D eigenvalue weighted by Gasteiger charge is -2.06. The Balaban J connectivity index is 2.20. The van der Waals surface area contributed by atoms with Gasteiger partial charge >= 0.3 is 0 Å². The first-order chi connectivity index (χ1) is 8.33. The molecule has 2 rings (SSSR count). The molecular formula is C13H14FNOS. The second-order valence-corrected chi connectivity index (χ2v) is 4.84. The van der Waals surface area contributed by atoms with Crippen LogP contribution in [0.2, 0.25) is 0 Å². The number of aliphatic hydroxyl groups excluding tert-OH is 1. The van der Waals surface area contributed by atoms with Gasteiger partial charge in [-0.15, -0.1) is 0 Å². The number of hydrogen-bond acceptors (Lipinski definition) is 3. The van der Waals surface area contributed by atoms with Gasteiger partial charge in [0.25, 0.3) is 0 Å². The SMILES string of the molecule is OCCCSCc1ccc(F)c2cccnc12. The molecular weight excluding hydrogens is 237 g/mol. The second-order valence-electron chi connectivity index (χ2n) is 3.74. The first kappa shape index (κ1) is 12.3. The third-order valence-electron chi connectivity index (χ3n) is 2.50. The van der Waals surface area contributed by atoms with Crippen molar-refractivity contribution in [1.82, 2.24) is 4.98 Å². The number of aliphatic hydroxyl groups is 1. The fourth-order valence-electron chi connectivity index (χ4n) is 1.66. The molecule has 90 valence electrons. The van der Waals surface area contributed by atoms with Gasteiger partial charge in [-0.1, -0.05) is 6.07 Å². The van der Waals surface area contributed by atoms with Gasteiger partial charge in [0.15, 0.2) is 0 Å². The van der Waals surface area contributed by atoms with Crippen LogP contribution in [0.15, 0.2) is 30.5 Å². The third-order valence-corrected chi connectivity index (χ3v) is 3.60. The molecule has 4 heteroatoms. The Kier molecular flexibility index (Phi) is 4.34. The Morgan fingerprint density at radius 3 is 3.00 bits per heavy atom. The molecule has 0 aliphatic carbocycles. The zero-order valence-corrected chi connectivity index (χ0v) is 10.2. The van der Waals surface area contributed by atoms with Gasteiger partial charge < -0.3 is 5.11 Å². The summed E-state index contributed by atoms with van der Waals surface area (Å²) in [4.78, 5) is 4.24. The van der Waals surface area contributed by atoms with Crippen molar-refractivity contribution in [3.8, 4) is 0 Å². The van der Waals surface area contributed by atoms with Crippen molar-refractivity contribution in [1.29, 1.82) is 0 Å². The summed E-state index contributed by atoms with van der Waals surface area (Å²) in [6.45, 7) is 0.218. The Bertz CT molecular complexity index is 504. The molecule has 1 N–H and O–H groups in total. The van der Waals surface area contributed by atoms with Crippen LogP contribution in [0.1, 0.15) is 12.0 Å². The molecule has 0 unspecified atom stereocenters. The standard InChI is InChI=1S/C13H14FNOS/c14-12-5-4-10(9-17-8-2-7-16)13-11(12)3-1-6-15-13/h1,3-6,16H,2,7-9H2. The topological polar surface area (TPSA) is 33.1 Å². The third kappa shape index (κ3) is 2.96. The number of benzene rings is 1. The summed E-state index contributed by atoms with van der Waals surface area (Å²) in [6, 6.07) is 6.77. The average Bonchev–Trinajstić information content (AvgIpc) is 2.37. The van der Waals surface area contributed by atoms with E-state index in [0.717, 1.165) is 29.0 Å². The maximum Gasteiger partial charge on any atom is 0.132 e. The number of pyridine rings is 1. The quantitative estimate of drug-likeness (QED) is 0.829. The molecule has 2 nitrogen and oxygen atoms in total. The maximum absolute atomic E-state index is 13.5. The Morgan fingerprint density at radius 2 is 2.18 bits per heavy atom. The van der Waals surface area contributed by atoms with Crippen LogP contribution < -0.4 is 0 Å². The molecule has 17 heavy (non-hydrogen) atoms. The molecule has 0 bridgehead atoms. The van der Waals surface area contributed by atoms with Crippen LogP contribution in [0.3, 0.4) is 0 Å². The summed E-state index contributed by atoms with van der Waals surface area (Å²) >= 11 is 1.73. The van der Waals surface area contributed by atoms with Gasteiger partial charge in [0.2, 0.25) is 0 Å². The van der Waals surface area contributed by atoms with Crippen molar-refractivity contribution in [2.45, 2.75) is 12.2 Å². The van der Waals surface area contributed by atoms with Crippen LogP contribution in [0.4, 0.5) is 4.39 Å². The van der Waals surface area contributed by atoms with Crippen LogP contribution in [0.25, 0.3) is 10.9 Å². The van der Waals surface area contributed by atoms with Crippen molar-refractivity contribution < 1.29 is 9.50 Å². The van der Waals surface area contributed by atoms with Gasteiger partial charge in [0.1, 0.15) is 5.82 Å². The highest BCUT2D eigenvalue weighted by Gasteiger charge is 2.06. The van der Waals surface area contributed by atoms with E-state index >= 15 is 0 Å². The zero-order valence-electron chi connectivity index (χ0n) is 9.40. The van der Waals surface area contributed by atoms with Crippen LogP contribution in [-0.4, -0.2) is 22.5 Å². The van der Waals surface area contributed by atoms with E-state index in [1.165, 1.54) is 6.07 Å². The first-order valence-electron chi connectivity index (χ1n) is 5.53.